The molecule has 0 aliphatic carbocycles. The number of carboxylic acids is 2. The monoisotopic (exact) mass is 634 g/mol. The van der Waals surface area contributed by atoms with Crippen molar-refractivity contribution in [3.8, 4) is 0 Å². The summed E-state index contributed by atoms with van der Waals surface area (Å²) in [5.74, 6) is -7.20. The van der Waals surface area contributed by atoms with Crippen molar-refractivity contribution in [3.05, 3.63) is 30.1 Å². The molecule has 234 valence electrons. The minimum absolute atomic E-state index is 0.0647. The average Bonchev–Trinajstić information content (AvgIpc) is 2.90. The SMILES string of the molecule is NC(N)=NCCC[C@H](N)C(=O)NCC(=O)N[C@@H](CC(=O)O)C(=O)N[C@@H](CSCCS(=O)(=O)c1ccc([18F])cc1)C(=O)O. The number of aliphatic imine (C=N–C) groups is 1. The lowest BCUT2D eigenvalue weighted by Crippen LogP contribution is -2.54. The second-order valence-electron chi connectivity index (χ2n) is 8.74. The number of hydrogen-bond donors (Lipinski definition) is 8. The number of aliphatic carboxylic acids is 2. The molecule has 1 rings (SSSR count). The highest BCUT2D eigenvalue weighted by atomic mass is 32.2. The molecule has 3 atom stereocenters. The first-order valence-electron chi connectivity index (χ1n) is 12.3. The number of carbonyl (C=O) groups excluding carboxylic acids is 3. The second kappa shape index (κ2) is 17.8. The Balaban J connectivity index is 2.64. The number of rotatable bonds is 19. The fraction of sp³-hybridized carbons (Fsp3) is 0.478. The van der Waals surface area contributed by atoms with Crippen molar-refractivity contribution < 1.29 is 47.0 Å². The predicted molar refractivity (Wildman–Crippen MR) is 150 cm³/mol. The number of carboxylic acid groups (broad SMARTS) is 2. The summed E-state index contributed by atoms with van der Waals surface area (Å²) in [4.78, 5) is 63.5. The highest BCUT2D eigenvalue weighted by Gasteiger charge is 2.29. The molecule has 42 heavy (non-hydrogen) atoms. The Morgan fingerprint density at radius 3 is 2.21 bits per heavy atom. The first-order chi connectivity index (χ1) is 19.6. The van der Waals surface area contributed by atoms with Crippen molar-refractivity contribution in [3.63, 3.8) is 0 Å². The molecule has 0 fully saturated rings. The molecule has 19 heteroatoms. The highest BCUT2D eigenvalue weighted by Crippen LogP contribution is 2.14. The van der Waals surface area contributed by atoms with Gasteiger partial charge in [0.05, 0.1) is 29.7 Å². The normalized spacial score (nSPS) is 13.2. The van der Waals surface area contributed by atoms with E-state index in [-0.39, 0.29) is 35.3 Å². The zero-order valence-electron chi connectivity index (χ0n) is 22.3. The van der Waals surface area contributed by atoms with Crippen molar-refractivity contribution in [2.45, 2.75) is 42.3 Å². The van der Waals surface area contributed by atoms with Gasteiger partial charge < -0.3 is 43.4 Å². The number of nitrogens with one attached hydrogen (secondary N) is 3. The number of benzene rings is 1. The Morgan fingerprint density at radius 2 is 1.64 bits per heavy atom. The van der Waals surface area contributed by atoms with Crippen LogP contribution in [-0.2, 0) is 33.8 Å². The van der Waals surface area contributed by atoms with Gasteiger partial charge in [-0.25, -0.2) is 17.6 Å². The standard InChI is InChI=1S/C23H34FN7O9S2/c24-13-3-5-14(6-4-13)42(39,40)9-8-41-12-17(22(37)38)31-21(36)16(10-19(33)34)30-18(32)11-29-20(35)15(25)2-1-7-28-23(26)27/h3-6,15-17H,1-2,7-12,25H2,(H,29,35)(H,30,32)(H,31,36)(H,33,34)(H,37,38)(H4,26,27,28)/t15-,16-,17-/m0/s1/i24-1. The summed E-state index contributed by atoms with van der Waals surface area (Å²) in [5, 5.41) is 25.1. The molecule has 0 bridgehead atoms. The van der Waals surface area contributed by atoms with Crippen molar-refractivity contribution in [1.82, 2.24) is 16.0 Å². The van der Waals surface area contributed by atoms with E-state index in [1.165, 1.54) is 0 Å². The smallest absolute Gasteiger partial charge is 0.327 e. The van der Waals surface area contributed by atoms with Crippen LogP contribution in [0.15, 0.2) is 34.2 Å². The van der Waals surface area contributed by atoms with Gasteiger partial charge >= 0.3 is 11.9 Å². The maximum Gasteiger partial charge on any atom is 0.327 e. The van der Waals surface area contributed by atoms with Gasteiger partial charge in [0, 0.05) is 18.1 Å². The van der Waals surface area contributed by atoms with E-state index in [0.717, 1.165) is 36.0 Å². The third-order valence-electron chi connectivity index (χ3n) is 5.33. The van der Waals surface area contributed by atoms with Gasteiger partial charge in [0.1, 0.15) is 17.9 Å². The number of carbonyl (C=O) groups is 5. The van der Waals surface area contributed by atoms with Crippen molar-refractivity contribution in [2.75, 3.05) is 30.3 Å². The first kappa shape index (κ1) is 36.1. The van der Waals surface area contributed by atoms with Crippen LogP contribution in [0.25, 0.3) is 0 Å². The van der Waals surface area contributed by atoms with Crippen molar-refractivity contribution >= 4 is 57.2 Å². The molecule has 1 aromatic carbocycles. The summed E-state index contributed by atoms with van der Waals surface area (Å²) < 4.78 is 37.7. The molecule has 0 aromatic heterocycles. The van der Waals surface area contributed by atoms with Gasteiger partial charge in [-0.3, -0.25) is 24.2 Å². The number of hydrogen-bond acceptors (Lipinski definition) is 10. The summed E-state index contributed by atoms with van der Waals surface area (Å²) in [5.41, 5.74) is 16.1. The van der Waals surface area contributed by atoms with E-state index in [1.54, 1.807) is 0 Å². The molecule has 0 aliphatic rings. The summed E-state index contributed by atoms with van der Waals surface area (Å²) in [7, 11) is -3.77. The molecule has 0 spiro atoms. The lowest BCUT2D eigenvalue weighted by atomic mass is 10.1. The molecular weight excluding hydrogens is 600 g/mol. The molecule has 0 saturated heterocycles. The lowest BCUT2D eigenvalue weighted by Gasteiger charge is -2.20. The number of thioether (sulfide) groups is 1. The number of guanidine groups is 1. The maximum absolute atomic E-state index is 13.0. The first-order valence-corrected chi connectivity index (χ1v) is 15.1. The third kappa shape index (κ3) is 14.1. The van der Waals surface area contributed by atoms with Gasteiger partial charge in [-0.1, -0.05) is 0 Å². The maximum atomic E-state index is 13.0. The van der Waals surface area contributed by atoms with E-state index in [4.69, 9.17) is 22.3 Å². The van der Waals surface area contributed by atoms with Gasteiger partial charge in [0.15, 0.2) is 15.8 Å². The van der Waals surface area contributed by atoms with Crippen LogP contribution in [0, 0.1) is 5.82 Å². The fourth-order valence-corrected chi connectivity index (χ4v) is 5.92. The van der Waals surface area contributed by atoms with Gasteiger partial charge in [0.25, 0.3) is 0 Å². The Bertz CT molecular complexity index is 1240. The minimum Gasteiger partial charge on any atom is -0.481 e. The molecular formula is C23H34FN7O9S2. The Morgan fingerprint density at radius 1 is 1.00 bits per heavy atom. The van der Waals surface area contributed by atoms with Crippen LogP contribution in [0.5, 0.6) is 0 Å². The average molecular weight is 635 g/mol. The largest absolute Gasteiger partial charge is 0.481 e. The van der Waals surface area contributed by atoms with Crippen LogP contribution in [0.3, 0.4) is 0 Å². The Hall–Kier alpha value is -3.97. The van der Waals surface area contributed by atoms with Gasteiger partial charge in [-0.2, -0.15) is 11.8 Å². The molecule has 1 aromatic rings. The van der Waals surface area contributed by atoms with Crippen molar-refractivity contribution in [1.29, 1.82) is 0 Å². The van der Waals surface area contributed by atoms with Gasteiger partial charge in [0.2, 0.25) is 17.7 Å². The third-order valence-corrected chi connectivity index (χ3v) is 8.38. The van der Waals surface area contributed by atoms with Crippen LogP contribution >= 0.6 is 11.8 Å². The number of amides is 3. The zero-order valence-corrected chi connectivity index (χ0v) is 24.0. The van der Waals surface area contributed by atoms with Crippen LogP contribution in [0.4, 0.5) is 4.39 Å². The summed E-state index contributed by atoms with van der Waals surface area (Å²) in [6, 6.07) is -0.0572. The molecule has 0 unspecified atom stereocenters. The van der Waals surface area contributed by atoms with E-state index in [9.17, 15) is 41.9 Å². The van der Waals surface area contributed by atoms with E-state index in [1.807, 2.05) is 0 Å². The summed E-state index contributed by atoms with van der Waals surface area (Å²) >= 11 is 0.887. The second-order valence-corrected chi connectivity index (χ2v) is 12.0. The lowest BCUT2D eigenvalue weighted by molar-refractivity contribution is -0.143. The van der Waals surface area contributed by atoms with E-state index in [2.05, 4.69) is 20.9 Å². The molecule has 0 heterocycles. The fourth-order valence-electron chi connectivity index (χ4n) is 3.15. The molecule has 11 N–H and O–H groups in total. The quantitative estimate of drug-likeness (QED) is 0.0335. The van der Waals surface area contributed by atoms with E-state index >= 15 is 0 Å². The minimum atomic E-state index is -3.77. The Labute approximate surface area is 245 Å². The number of halogens is 1. The van der Waals surface area contributed by atoms with Crippen molar-refractivity contribution in [2.24, 2.45) is 22.2 Å². The van der Waals surface area contributed by atoms with Crippen LogP contribution in [-0.4, -0.2) is 103 Å². The zero-order chi connectivity index (χ0) is 31.9. The van der Waals surface area contributed by atoms with Crippen LogP contribution in [0.2, 0.25) is 0 Å². The topological polar surface area (TPSA) is 286 Å². The molecule has 0 aliphatic heterocycles. The molecule has 3 amide bonds. The number of nitrogens with two attached hydrogens (primary N) is 3. The summed E-state index contributed by atoms with van der Waals surface area (Å²) in [6.07, 6.45) is -0.321. The van der Waals surface area contributed by atoms with Gasteiger partial charge in [-0.05, 0) is 37.1 Å². The predicted octanol–water partition coefficient (Wildman–Crippen LogP) is -2.64. The number of nitrogens with zero attached hydrogens (tertiary/aromatic N) is 1. The van der Waals surface area contributed by atoms with E-state index < -0.39 is 82.2 Å². The van der Waals surface area contributed by atoms with Crippen LogP contribution < -0.4 is 33.2 Å². The highest BCUT2D eigenvalue weighted by molar-refractivity contribution is 8.00. The molecule has 16 nitrogen and oxygen atoms in total. The Kier molecular flexibility index (Phi) is 15.2. The molecule has 0 radical (unpaired) electrons. The summed E-state index contributed by atoms with van der Waals surface area (Å²) in [6.45, 7) is -0.411. The van der Waals surface area contributed by atoms with E-state index in [0.29, 0.717) is 6.42 Å². The van der Waals surface area contributed by atoms with Gasteiger partial charge in [-0.15, -0.1) is 0 Å². The number of sulfone groups is 1. The van der Waals surface area contributed by atoms with Crippen LogP contribution in [0.1, 0.15) is 19.3 Å². The molecule has 0 saturated carbocycles.